The largest absolute Gasteiger partial charge is 0.510 e. The number of nitrogens with zero attached hydrogens (tertiary/aromatic N) is 2. The van der Waals surface area contributed by atoms with Crippen LogP contribution in [0.15, 0.2) is 99.4 Å². The molecule has 0 unspecified atom stereocenters. The number of carboxylic acid groups (broad SMARTS) is 1. The molecule has 0 heterocycles. The lowest BCUT2D eigenvalue weighted by molar-refractivity contribution is -0.113. The zero-order chi connectivity index (χ0) is 25.6. The first-order valence-corrected chi connectivity index (χ1v) is 11.4. The molecule has 0 fully saturated rings. The molecule has 0 spiro atoms. The molecule has 0 aliphatic heterocycles. The number of aliphatic hydroxyl groups is 1. The number of rotatable bonds is 8. The summed E-state index contributed by atoms with van der Waals surface area (Å²) >= 11 is 0. The van der Waals surface area contributed by atoms with Gasteiger partial charge in [0.2, 0.25) is 0 Å². The van der Waals surface area contributed by atoms with E-state index >= 15 is 0 Å². The fourth-order valence-electron chi connectivity index (χ4n) is 2.81. The highest BCUT2D eigenvalue weighted by atomic mass is 32.2. The molecule has 1 amide bonds. The maximum absolute atomic E-state index is 12.8. The molecule has 0 saturated carbocycles. The van der Waals surface area contributed by atoms with E-state index in [1.807, 2.05) is 0 Å². The number of hydrogen-bond donors (Lipinski definition) is 5. The minimum Gasteiger partial charge on any atom is -0.510 e. The summed E-state index contributed by atoms with van der Waals surface area (Å²) in [6.07, 6.45) is 0. The van der Waals surface area contributed by atoms with Crippen LogP contribution in [0.4, 0.5) is 17.1 Å². The van der Waals surface area contributed by atoms with Crippen molar-refractivity contribution in [3.05, 3.63) is 89.8 Å². The number of aromatic carboxylic acids is 1. The molecule has 0 aliphatic carbocycles. The van der Waals surface area contributed by atoms with Gasteiger partial charge in [0.1, 0.15) is 17.2 Å². The van der Waals surface area contributed by atoms with Crippen molar-refractivity contribution in [1.82, 2.24) is 0 Å². The number of azo groups is 1. The summed E-state index contributed by atoms with van der Waals surface area (Å²) in [7, 11) is -4.29. The third kappa shape index (κ3) is 6.21. The smallest absolute Gasteiger partial charge is 0.337 e. The van der Waals surface area contributed by atoms with Gasteiger partial charge < -0.3 is 20.6 Å². The number of amides is 1. The molecule has 0 radical (unpaired) electrons. The molecule has 3 rings (SSSR count). The maximum Gasteiger partial charge on any atom is 0.337 e. The molecule has 0 atom stereocenters. The van der Waals surface area contributed by atoms with E-state index in [1.54, 1.807) is 30.3 Å². The van der Waals surface area contributed by atoms with Crippen molar-refractivity contribution >= 4 is 39.0 Å². The van der Waals surface area contributed by atoms with Gasteiger partial charge in [0.15, 0.2) is 5.70 Å². The number of para-hydroxylation sites is 2. The fourth-order valence-corrected chi connectivity index (χ4v) is 3.91. The van der Waals surface area contributed by atoms with Gasteiger partial charge in [-0.05, 0) is 49.4 Å². The Kier molecular flexibility index (Phi) is 7.46. The predicted molar refractivity (Wildman–Crippen MR) is 127 cm³/mol. The summed E-state index contributed by atoms with van der Waals surface area (Å²) in [4.78, 5) is 23.5. The van der Waals surface area contributed by atoms with Crippen LogP contribution < -0.4 is 10.0 Å². The Balaban J connectivity index is 1.89. The monoisotopic (exact) mass is 496 g/mol. The third-order valence-corrected chi connectivity index (χ3v) is 5.87. The first-order valence-electron chi connectivity index (χ1n) is 9.94. The van der Waals surface area contributed by atoms with E-state index in [9.17, 15) is 33.3 Å². The molecule has 11 nitrogen and oxygen atoms in total. The number of nitrogens with one attached hydrogen (secondary N) is 2. The normalized spacial score (nSPS) is 12.1. The molecule has 3 aromatic carbocycles. The second kappa shape index (κ2) is 10.5. The van der Waals surface area contributed by atoms with Crippen molar-refractivity contribution in [2.24, 2.45) is 10.2 Å². The Labute approximate surface area is 200 Å². The van der Waals surface area contributed by atoms with E-state index in [-0.39, 0.29) is 21.8 Å². The van der Waals surface area contributed by atoms with E-state index in [2.05, 4.69) is 20.3 Å². The Morgan fingerprint density at radius 2 is 1.57 bits per heavy atom. The number of aromatic hydroxyl groups is 1. The van der Waals surface area contributed by atoms with Crippen molar-refractivity contribution in [2.75, 3.05) is 10.0 Å². The fraction of sp³-hybridized carbons (Fsp3) is 0.0435. The number of hydrogen-bond acceptors (Lipinski definition) is 8. The zero-order valence-electron chi connectivity index (χ0n) is 18.2. The van der Waals surface area contributed by atoms with E-state index < -0.39 is 39.1 Å². The van der Waals surface area contributed by atoms with Crippen LogP contribution in [0.5, 0.6) is 5.75 Å². The zero-order valence-corrected chi connectivity index (χ0v) is 19.0. The molecule has 0 saturated heterocycles. The van der Waals surface area contributed by atoms with Crippen molar-refractivity contribution in [3.8, 4) is 5.75 Å². The number of allylic oxidation sites excluding steroid dienone is 1. The summed E-state index contributed by atoms with van der Waals surface area (Å²) in [5.41, 5.74) is -0.752. The highest BCUT2D eigenvalue weighted by Crippen LogP contribution is 2.31. The van der Waals surface area contributed by atoms with E-state index in [0.29, 0.717) is 5.69 Å². The van der Waals surface area contributed by atoms with Crippen molar-refractivity contribution in [3.63, 3.8) is 0 Å². The summed E-state index contributed by atoms with van der Waals surface area (Å²) < 4.78 is 27.8. The molecular weight excluding hydrogens is 476 g/mol. The Morgan fingerprint density at radius 3 is 2.23 bits per heavy atom. The van der Waals surface area contributed by atoms with Crippen LogP contribution in [0.1, 0.15) is 17.3 Å². The number of phenols is 1. The first-order chi connectivity index (χ1) is 16.6. The Bertz CT molecular complexity index is 1430. The van der Waals surface area contributed by atoms with Gasteiger partial charge >= 0.3 is 5.97 Å². The van der Waals surface area contributed by atoms with Crippen molar-refractivity contribution < 1.29 is 33.3 Å². The number of anilines is 2. The molecule has 180 valence electrons. The second-order valence-corrected chi connectivity index (χ2v) is 8.74. The lowest BCUT2D eigenvalue weighted by atomic mass is 10.2. The number of sulfonamides is 1. The van der Waals surface area contributed by atoms with Crippen LogP contribution in [-0.4, -0.2) is 35.6 Å². The number of aliphatic hydroxyl groups excluding tert-OH is 1. The van der Waals surface area contributed by atoms with Gasteiger partial charge in [-0.1, -0.05) is 30.3 Å². The van der Waals surface area contributed by atoms with Crippen LogP contribution in [0.2, 0.25) is 0 Å². The van der Waals surface area contributed by atoms with Crippen LogP contribution in [0.3, 0.4) is 0 Å². The maximum atomic E-state index is 12.8. The van der Waals surface area contributed by atoms with Gasteiger partial charge in [-0.15, -0.1) is 10.2 Å². The molecule has 3 aromatic rings. The van der Waals surface area contributed by atoms with Gasteiger partial charge in [-0.2, -0.15) is 0 Å². The Morgan fingerprint density at radius 1 is 0.914 bits per heavy atom. The summed E-state index contributed by atoms with van der Waals surface area (Å²) in [6, 6.07) is 16.9. The number of carboxylic acids is 1. The van der Waals surface area contributed by atoms with Crippen molar-refractivity contribution in [2.45, 2.75) is 11.8 Å². The Hall–Kier alpha value is -4.71. The molecular formula is C23H20N4O7S. The van der Waals surface area contributed by atoms with Crippen LogP contribution in [0.25, 0.3) is 0 Å². The quantitative estimate of drug-likeness (QED) is 0.174. The third-order valence-electron chi connectivity index (χ3n) is 4.51. The SMILES string of the molecule is C/C(O)=C(\N=Nc1cc(S(=O)(=O)Nc2ccccc2C(=O)O)ccc1O)C(=O)Nc1ccccc1. The topological polar surface area (TPSA) is 178 Å². The molecule has 5 N–H and O–H groups in total. The second-order valence-electron chi connectivity index (χ2n) is 7.06. The number of carbonyl (C=O) groups excluding carboxylic acids is 1. The molecule has 35 heavy (non-hydrogen) atoms. The lowest BCUT2D eigenvalue weighted by Crippen LogP contribution is -2.15. The highest BCUT2D eigenvalue weighted by Gasteiger charge is 2.20. The molecule has 12 heteroatoms. The highest BCUT2D eigenvalue weighted by molar-refractivity contribution is 7.92. The van der Waals surface area contributed by atoms with Crippen LogP contribution >= 0.6 is 0 Å². The van der Waals surface area contributed by atoms with E-state index in [0.717, 1.165) is 18.2 Å². The van der Waals surface area contributed by atoms with Crippen molar-refractivity contribution in [1.29, 1.82) is 0 Å². The molecule has 0 aliphatic rings. The lowest BCUT2D eigenvalue weighted by Gasteiger charge is -2.11. The van der Waals surface area contributed by atoms with E-state index in [1.165, 1.54) is 31.2 Å². The molecule has 0 aromatic heterocycles. The van der Waals surface area contributed by atoms with Gasteiger partial charge in [-0.3, -0.25) is 9.52 Å². The number of carbonyl (C=O) groups is 2. The van der Waals surface area contributed by atoms with Gasteiger partial charge in [0.05, 0.1) is 16.1 Å². The summed E-state index contributed by atoms with van der Waals surface area (Å²) in [6.45, 7) is 1.21. The van der Waals surface area contributed by atoms with Crippen LogP contribution in [-0.2, 0) is 14.8 Å². The minimum absolute atomic E-state index is 0.157. The van der Waals surface area contributed by atoms with E-state index in [4.69, 9.17) is 0 Å². The predicted octanol–water partition coefficient (Wildman–Crippen LogP) is 4.40. The number of benzene rings is 3. The first kappa shape index (κ1) is 24.9. The average molecular weight is 497 g/mol. The van der Waals surface area contributed by atoms with Gasteiger partial charge in [0.25, 0.3) is 15.9 Å². The summed E-state index contributed by atoms with van der Waals surface area (Å²) in [5, 5.41) is 39.2. The minimum atomic E-state index is -4.29. The van der Waals surface area contributed by atoms with Crippen LogP contribution in [0, 0.1) is 0 Å². The molecule has 0 bridgehead atoms. The van der Waals surface area contributed by atoms with Gasteiger partial charge in [0, 0.05) is 5.69 Å². The summed E-state index contributed by atoms with van der Waals surface area (Å²) in [5.74, 6) is -3.01. The standard InChI is InChI=1S/C23H20N4O7S/c1-14(28)21(22(30)24-15-7-3-2-4-8-15)26-25-19-13-16(11-12-20(19)29)35(33,34)27-18-10-6-5-9-17(18)23(31)32/h2-13,27-29H,1H3,(H,24,30)(H,31,32)/b21-14+,26-25?. The average Bonchev–Trinajstić information content (AvgIpc) is 2.80. The number of phenolic OH excluding ortho intramolecular Hbond substituents is 1. The van der Waals surface area contributed by atoms with Gasteiger partial charge in [-0.25, -0.2) is 13.2 Å².